The highest BCUT2D eigenvalue weighted by molar-refractivity contribution is 7.13. The average Bonchev–Trinajstić information content (AvgIpc) is 3.09. The Kier molecular flexibility index (Phi) is 7.73. The van der Waals surface area contributed by atoms with E-state index in [0.717, 1.165) is 35.7 Å². The lowest BCUT2D eigenvalue weighted by Crippen LogP contribution is -2.26. The van der Waals surface area contributed by atoms with Gasteiger partial charge in [-0.25, -0.2) is 4.98 Å². The third kappa shape index (κ3) is 5.74. The molecule has 1 aromatic heterocycles. The smallest absolute Gasteiger partial charge is 0.226 e. The van der Waals surface area contributed by atoms with Crippen LogP contribution >= 0.6 is 11.3 Å². The molecule has 0 bridgehead atoms. The summed E-state index contributed by atoms with van der Waals surface area (Å²) < 4.78 is 10.6. The van der Waals surface area contributed by atoms with Crippen LogP contribution in [0.15, 0.2) is 23.6 Å². The molecule has 0 atom stereocenters. The Bertz CT molecular complexity index is 685. The summed E-state index contributed by atoms with van der Waals surface area (Å²) in [7, 11) is 3.22. The molecular formula is C19H26N2O3S. The van der Waals surface area contributed by atoms with Gasteiger partial charge in [0.15, 0.2) is 11.5 Å². The number of hydrogen-bond donors (Lipinski definition) is 1. The molecule has 136 valence electrons. The molecule has 0 saturated heterocycles. The quantitative estimate of drug-likeness (QED) is 0.647. The molecule has 0 aliphatic heterocycles. The number of carbonyl (C=O) groups excluding carboxylic acids is 1. The Morgan fingerprint density at radius 2 is 1.96 bits per heavy atom. The molecule has 1 aromatic carbocycles. The van der Waals surface area contributed by atoms with Gasteiger partial charge in [-0.1, -0.05) is 26.2 Å². The SMILES string of the molecule is CCCCCCNC(=O)Cc1csc(-c2ccc(OC)c(OC)c2)n1. The van der Waals surface area contributed by atoms with Crippen molar-refractivity contribution >= 4 is 17.2 Å². The Morgan fingerprint density at radius 3 is 2.68 bits per heavy atom. The number of nitrogens with one attached hydrogen (secondary N) is 1. The van der Waals surface area contributed by atoms with Crippen LogP contribution in [0.25, 0.3) is 10.6 Å². The summed E-state index contributed by atoms with van der Waals surface area (Å²) >= 11 is 1.52. The van der Waals surface area contributed by atoms with E-state index in [-0.39, 0.29) is 5.91 Å². The molecule has 25 heavy (non-hydrogen) atoms. The van der Waals surface area contributed by atoms with Crippen LogP contribution in [0.2, 0.25) is 0 Å². The first-order chi connectivity index (χ1) is 12.2. The highest BCUT2D eigenvalue weighted by atomic mass is 32.1. The summed E-state index contributed by atoms with van der Waals surface area (Å²) in [6.07, 6.45) is 4.93. The van der Waals surface area contributed by atoms with Crippen molar-refractivity contribution in [3.63, 3.8) is 0 Å². The van der Waals surface area contributed by atoms with Crippen molar-refractivity contribution < 1.29 is 14.3 Å². The van der Waals surface area contributed by atoms with E-state index in [1.54, 1.807) is 14.2 Å². The fourth-order valence-electron chi connectivity index (χ4n) is 2.50. The third-order valence-electron chi connectivity index (χ3n) is 3.88. The first-order valence-electron chi connectivity index (χ1n) is 8.61. The molecule has 5 nitrogen and oxygen atoms in total. The van der Waals surface area contributed by atoms with Crippen LogP contribution in [0, 0.1) is 0 Å². The summed E-state index contributed by atoms with van der Waals surface area (Å²) in [5, 5.41) is 5.76. The van der Waals surface area contributed by atoms with Crippen LogP contribution in [0.5, 0.6) is 11.5 Å². The lowest BCUT2D eigenvalue weighted by Gasteiger charge is -2.08. The number of methoxy groups -OCH3 is 2. The van der Waals surface area contributed by atoms with Crippen molar-refractivity contribution in [3.05, 3.63) is 29.3 Å². The van der Waals surface area contributed by atoms with Gasteiger partial charge >= 0.3 is 0 Å². The Morgan fingerprint density at radius 1 is 1.16 bits per heavy atom. The van der Waals surface area contributed by atoms with E-state index in [2.05, 4.69) is 17.2 Å². The minimum Gasteiger partial charge on any atom is -0.493 e. The van der Waals surface area contributed by atoms with Gasteiger partial charge in [-0.15, -0.1) is 11.3 Å². The van der Waals surface area contributed by atoms with E-state index >= 15 is 0 Å². The second-order valence-corrected chi connectivity index (χ2v) is 6.66. The summed E-state index contributed by atoms with van der Waals surface area (Å²) in [5.41, 5.74) is 1.75. The van der Waals surface area contributed by atoms with Crippen LogP contribution in [0.3, 0.4) is 0 Å². The molecule has 0 aliphatic rings. The molecule has 2 aromatic rings. The zero-order valence-electron chi connectivity index (χ0n) is 15.1. The fourth-order valence-corrected chi connectivity index (χ4v) is 3.31. The standard InChI is InChI=1S/C19H26N2O3S/c1-4-5-6-7-10-20-18(22)12-15-13-25-19(21-15)14-8-9-16(23-2)17(11-14)24-3/h8-9,11,13H,4-7,10,12H2,1-3H3,(H,20,22). The molecule has 1 N–H and O–H groups in total. The van der Waals surface area contributed by atoms with Gasteiger partial charge in [-0.3, -0.25) is 4.79 Å². The number of unbranched alkanes of at least 4 members (excludes halogenated alkanes) is 3. The van der Waals surface area contributed by atoms with E-state index < -0.39 is 0 Å². The number of benzene rings is 1. The topological polar surface area (TPSA) is 60.5 Å². The Hall–Kier alpha value is -2.08. The number of hydrogen-bond acceptors (Lipinski definition) is 5. The Labute approximate surface area is 153 Å². The summed E-state index contributed by atoms with van der Waals surface area (Å²) in [4.78, 5) is 16.6. The van der Waals surface area contributed by atoms with E-state index in [1.807, 2.05) is 23.6 Å². The number of carbonyl (C=O) groups is 1. The minimum absolute atomic E-state index is 0.0284. The number of aromatic nitrogens is 1. The van der Waals surface area contributed by atoms with Gasteiger partial charge < -0.3 is 14.8 Å². The van der Waals surface area contributed by atoms with Crippen molar-refractivity contribution in [3.8, 4) is 22.1 Å². The number of amides is 1. The molecule has 0 radical (unpaired) electrons. The van der Waals surface area contributed by atoms with Gasteiger partial charge in [0.25, 0.3) is 0 Å². The largest absolute Gasteiger partial charge is 0.493 e. The predicted molar refractivity (Wildman–Crippen MR) is 102 cm³/mol. The summed E-state index contributed by atoms with van der Waals surface area (Å²) in [6, 6.07) is 5.70. The normalized spacial score (nSPS) is 10.5. The van der Waals surface area contributed by atoms with Crippen molar-refractivity contribution in [1.29, 1.82) is 0 Å². The van der Waals surface area contributed by atoms with Gasteiger partial charge in [-0.2, -0.15) is 0 Å². The number of nitrogens with zero attached hydrogens (tertiary/aromatic N) is 1. The van der Waals surface area contributed by atoms with Crippen LogP contribution in [-0.4, -0.2) is 31.7 Å². The molecule has 2 rings (SSSR count). The molecule has 0 fully saturated rings. The maximum Gasteiger partial charge on any atom is 0.226 e. The van der Waals surface area contributed by atoms with E-state index in [0.29, 0.717) is 17.9 Å². The van der Waals surface area contributed by atoms with Gasteiger partial charge in [0.2, 0.25) is 5.91 Å². The molecule has 0 saturated carbocycles. The highest BCUT2D eigenvalue weighted by Gasteiger charge is 2.11. The second-order valence-electron chi connectivity index (χ2n) is 5.80. The molecular weight excluding hydrogens is 336 g/mol. The lowest BCUT2D eigenvalue weighted by molar-refractivity contribution is -0.120. The van der Waals surface area contributed by atoms with Crippen molar-refractivity contribution in [2.45, 2.75) is 39.0 Å². The molecule has 0 spiro atoms. The predicted octanol–water partition coefficient (Wildman–Crippen LogP) is 4.07. The van der Waals surface area contributed by atoms with Crippen LogP contribution in [-0.2, 0) is 11.2 Å². The molecule has 1 amide bonds. The number of ether oxygens (including phenoxy) is 2. The monoisotopic (exact) mass is 362 g/mol. The zero-order chi connectivity index (χ0) is 18.1. The van der Waals surface area contributed by atoms with Gasteiger partial charge in [0, 0.05) is 17.5 Å². The maximum absolute atomic E-state index is 12.0. The van der Waals surface area contributed by atoms with E-state index in [9.17, 15) is 4.79 Å². The van der Waals surface area contributed by atoms with Crippen molar-refractivity contribution in [1.82, 2.24) is 10.3 Å². The Balaban J connectivity index is 1.92. The van der Waals surface area contributed by atoms with Gasteiger partial charge in [0.1, 0.15) is 5.01 Å². The highest BCUT2D eigenvalue weighted by Crippen LogP contribution is 2.33. The van der Waals surface area contributed by atoms with Crippen LogP contribution in [0.1, 0.15) is 38.3 Å². The van der Waals surface area contributed by atoms with Crippen LogP contribution in [0.4, 0.5) is 0 Å². The molecule has 1 heterocycles. The number of thiazole rings is 1. The summed E-state index contributed by atoms with van der Waals surface area (Å²) in [5.74, 6) is 1.38. The zero-order valence-corrected chi connectivity index (χ0v) is 15.9. The minimum atomic E-state index is 0.0284. The van der Waals surface area contributed by atoms with Gasteiger partial charge in [-0.05, 0) is 24.6 Å². The molecule has 0 unspecified atom stereocenters. The third-order valence-corrected chi connectivity index (χ3v) is 4.82. The molecule has 6 heteroatoms. The first-order valence-corrected chi connectivity index (χ1v) is 9.49. The number of rotatable bonds is 10. The van der Waals surface area contributed by atoms with Crippen LogP contribution < -0.4 is 14.8 Å². The lowest BCUT2D eigenvalue weighted by atomic mass is 10.2. The summed E-state index contributed by atoms with van der Waals surface area (Å²) in [6.45, 7) is 2.92. The van der Waals surface area contributed by atoms with Crippen molar-refractivity contribution in [2.24, 2.45) is 0 Å². The fraction of sp³-hybridized carbons (Fsp3) is 0.474. The van der Waals surface area contributed by atoms with E-state index in [1.165, 1.54) is 24.2 Å². The van der Waals surface area contributed by atoms with Crippen molar-refractivity contribution in [2.75, 3.05) is 20.8 Å². The first kappa shape index (κ1) is 19.2. The average molecular weight is 362 g/mol. The van der Waals surface area contributed by atoms with Gasteiger partial charge in [0.05, 0.1) is 26.3 Å². The maximum atomic E-state index is 12.0. The second kappa shape index (κ2) is 10.0. The molecule has 0 aliphatic carbocycles. The van der Waals surface area contributed by atoms with E-state index in [4.69, 9.17) is 9.47 Å².